The van der Waals surface area contributed by atoms with E-state index >= 15 is 0 Å². The van der Waals surface area contributed by atoms with Gasteiger partial charge in [-0.15, -0.1) is 23.4 Å². The van der Waals surface area contributed by atoms with Crippen LogP contribution in [0.5, 0.6) is 0 Å². The van der Waals surface area contributed by atoms with Crippen molar-refractivity contribution in [3.8, 4) is 0 Å². The van der Waals surface area contributed by atoms with E-state index in [9.17, 15) is 20.1 Å². The van der Waals surface area contributed by atoms with Crippen LogP contribution in [0.25, 0.3) is 0 Å². The molecule has 5 N–H and O–H groups in total. The minimum atomic E-state index is -1.42. The molecule has 10 nitrogen and oxygen atoms in total. The molecule has 0 bridgehead atoms. The van der Waals surface area contributed by atoms with Crippen molar-refractivity contribution >= 4 is 29.3 Å². The van der Waals surface area contributed by atoms with Crippen molar-refractivity contribution in [2.24, 2.45) is 5.92 Å². The third-order valence-corrected chi connectivity index (χ3v) is 8.07. The van der Waals surface area contributed by atoms with Crippen LogP contribution in [-0.2, 0) is 23.7 Å². The number of amides is 1. The molecule has 4 rings (SSSR count). The van der Waals surface area contributed by atoms with Crippen LogP contribution in [0.3, 0.4) is 0 Å². The molecular formula is C21H35ClN2O8S. The second-order valence-corrected chi connectivity index (χ2v) is 11.4. The average Bonchev–Trinajstić information content (AvgIpc) is 3.24. The van der Waals surface area contributed by atoms with Crippen LogP contribution in [-0.4, -0.2) is 112 Å². The zero-order chi connectivity index (χ0) is 24.1. The number of nitrogens with one attached hydrogen (secondary N) is 2. The molecule has 12 heteroatoms. The molecule has 0 saturated carbocycles. The first-order valence-electron chi connectivity index (χ1n) is 11.4. The summed E-state index contributed by atoms with van der Waals surface area (Å²) in [6.45, 7) is 6.38. The normalized spacial score (nSPS) is 46.7. The van der Waals surface area contributed by atoms with E-state index in [-0.39, 0.29) is 30.1 Å². The molecule has 0 spiro atoms. The Balaban J connectivity index is 1.43. The van der Waals surface area contributed by atoms with E-state index in [2.05, 4.69) is 10.6 Å². The van der Waals surface area contributed by atoms with Crippen molar-refractivity contribution in [2.45, 2.75) is 98.6 Å². The summed E-state index contributed by atoms with van der Waals surface area (Å²) in [5.41, 5.74) is -0.758. The molecule has 12 atom stereocenters. The van der Waals surface area contributed by atoms with Gasteiger partial charge in [-0.3, -0.25) is 4.79 Å². The zero-order valence-corrected chi connectivity index (χ0v) is 20.8. The Labute approximate surface area is 203 Å². The molecule has 0 aromatic heterocycles. The minimum absolute atomic E-state index is 0.0782. The second-order valence-electron chi connectivity index (χ2n) is 9.78. The fourth-order valence-corrected chi connectivity index (χ4v) is 6.19. The Bertz CT molecular complexity index is 716. The first kappa shape index (κ1) is 25.9. The summed E-state index contributed by atoms with van der Waals surface area (Å²) in [5.74, 6) is -0.896. The summed E-state index contributed by atoms with van der Waals surface area (Å²) in [5, 5.41) is 36.5. The lowest BCUT2D eigenvalue weighted by Crippen LogP contribution is -2.65. The van der Waals surface area contributed by atoms with Crippen molar-refractivity contribution in [1.82, 2.24) is 10.6 Å². The smallest absolute Gasteiger partial charge is 0.240 e. The third kappa shape index (κ3) is 5.18. The molecule has 4 heterocycles. The maximum atomic E-state index is 13.3. The molecule has 0 aromatic rings. The summed E-state index contributed by atoms with van der Waals surface area (Å²) in [6.07, 6.45) is -3.25. The topological polar surface area (TPSA) is 139 Å². The first-order chi connectivity index (χ1) is 15.5. The van der Waals surface area contributed by atoms with Gasteiger partial charge in [0.2, 0.25) is 5.91 Å². The van der Waals surface area contributed by atoms with Gasteiger partial charge in [0, 0.05) is 12.5 Å². The van der Waals surface area contributed by atoms with Crippen LogP contribution in [0, 0.1) is 5.92 Å². The fraction of sp³-hybridized carbons (Fsp3) is 0.952. The molecule has 4 aliphatic rings. The number of aliphatic hydroxyl groups excluding tert-OH is 3. The predicted octanol–water partition coefficient (Wildman–Crippen LogP) is -0.834. The SMILES string of the molecule is CSC1O[C@H]([C@H](NC(=O)[C@H]2NC[C@@H]3C[C@H]4OC(C)(C)O[C@H]4CO[C@H]32)[C@H](C)Cl)C(O)[C@@H](O)[C@H]1O. The number of fused-ring (bicyclic) bond motifs is 2. The van der Waals surface area contributed by atoms with Gasteiger partial charge in [-0.05, 0) is 33.4 Å². The van der Waals surface area contributed by atoms with Crippen molar-refractivity contribution in [2.75, 3.05) is 19.4 Å². The van der Waals surface area contributed by atoms with E-state index in [1.807, 2.05) is 13.8 Å². The number of carbonyl (C=O) groups is 1. The van der Waals surface area contributed by atoms with Crippen molar-refractivity contribution < 1.29 is 39.1 Å². The van der Waals surface area contributed by atoms with E-state index in [0.717, 1.165) is 6.42 Å². The Morgan fingerprint density at radius 1 is 1.18 bits per heavy atom. The van der Waals surface area contributed by atoms with Crippen LogP contribution in [0.1, 0.15) is 27.2 Å². The number of ether oxygens (including phenoxy) is 4. The van der Waals surface area contributed by atoms with Crippen LogP contribution in [0.2, 0.25) is 0 Å². The highest BCUT2D eigenvalue weighted by Crippen LogP contribution is 2.38. The highest BCUT2D eigenvalue weighted by molar-refractivity contribution is 7.99. The van der Waals surface area contributed by atoms with E-state index in [1.165, 1.54) is 11.8 Å². The number of hydrogen-bond acceptors (Lipinski definition) is 10. The van der Waals surface area contributed by atoms with Crippen molar-refractivity contribution in [3.63, 3.8) is 0 Å². The second kappa shape index (κ2) is 10.0. The largest absolute Gasteiger partial charge is 0.388 e. The van der Waals surface area contributed by atoms with Crippen molar-refractivity contribution in [1.29, 1.82) is 0 Å². The Hall–Kier alpha value is -0.210. The van der Waals surface area contributed by atoms with E-state index in [4.69, 9.17) is 30.5 Å². The lowest BCUT2D eigenvalue weighted by molar-refractivity contribution is -0.205. The van der Waals surface area contributed by atoms with Gasteiger partial charge < -0.3 is 44.9 Å². The fourth-order valence-electron chi connectivity index (χ4n) is 5.31. The van der Waals surface area contributed by atoms with Gasteiger partial charge in [0.05, 0.1) is 30.2 Å². The molecule has 4 fully saturated rings. The zero-order valence-electron chi connectivity index (χ0n) is 19.2. The van der Waals surface area contributed by atoms with Gasteiger partial charge in [-0.2, -0.15) is 0 Å². The van der Waals surface area contributed by atoms with Gasteiger partial charge in [0.1, 0.15) is 42.0 Å². The number of carbonyl (C=O) groups excluding carboxylic acids is 1. The van der Waals surface area contributed by atoms with Gasteiger partial charge in [0.15, 0.2) is 5.79 Å². The summed E-state index contributed by atoms with van der Waals surface area (Å²) in [4.78, 5) is 13.3. The van der Waals surface area contributed by atoms with Gasteiger partial charge in [-0.1, -0.05) is 0 Å². The van der Waals surface area contributed by atoms with Crippen LogP contribution >= 0.6 is 23.4 Å². The van der Waals surface area contributed by atoms with E-state index in [0.29, 0.717) is 13.2 Å². The number of aliphatic hydroxyl groups is 3. The standard InChI is InChI=1S/C21H35ClN2O8S/c1-8(22)12(18-15(26)14(25)16(27)20(30-18)33-4)24-19(28)13-17-9(6-23-13)5-10-11(7-29-17)32-21(2,3)31-10/h8-18,20,23,25-27H,5-7H2,1-4H3,(H,24,28)/t8-,9-,10+,11-,12+,13-,14+,15?,16+,17+,18+,20?/m0/s1. The monoisotopic (exact) mass is 510 g/mol. The Morgan fingerprint density at radius 2 is 1.88 bits per heavy atom. The first-order valence-corrected chi connectivity index (χ1v) is 13.1. The molecule has 0 radical (unpaired) electrons. The number of hydrogen-bond donors (Lipinski definition) is 5. The predicted molar refractivity (Wildman–Crippen MR) is 121 cm³/mol. The minimum Gasteiger partial charge on any atom is -0.388 e. The molecule has 33 heavy (non-hydrogen) atoms. The maximum absolute atomic E-state index is 13.3. The Kier molecular flexibility index (Phi) is 7.87. The molecule has 0 aromatic carbocycles. The quantitative estimate of drug-likeness (QED) is 0.298. The third-order valence-electron chi connectivity index (χ3n) is 6.95. The average molecular weight is 511 g/mol. The van der Waals surface area contributed by atoms with Gasteiger partial charge >= 0.3 is 0 Å². The highest BCUT2D eigenvalue weighted by atomic mass is 35.5. The molecule has 190 valence electrons. The van der Waals surface area contributed by atoms with Crippen molar-refractivity contribution in [3.05, 3.63) is 0 Å². The summed E-state index contributed by atoms with van der Waals surface area (Å²) in [6, 6.07) is -1.42. The van der Waals surface area contributed by atoms with Crippen LogP contribution < -0.4 is 10.6 Å². The number of alkyl halides is 1. The van der Waals surface area contributed by atoms with Gasteiger partial charge in [-0.25, -0.2) is 0 Å². The van der Waals surface area contributed by atoms with Crippen LogP contribution in [0.15, 0.2) is 0 Å². The number of thioether (sulfide) groups is 1. The molecule has 0 aliphatic carbocycles. The number of rotatable bonds is 5. The lowest BCUT2D eigenvalue weighted by atomic mass is 9.92. The molecule has 4 aliphatic heterocycles. The molecule has 1 amide bonds. The molecular weight excluding hydrogens is 476 g/mol. The van der Waals surface area contributed by atoms with Crippen LogP contribution in [0.4, 0.5) is 0 Å². The highest BCUT2D eigenvalue weighted by Gasteiger charge is 2.52. The van der Waals surface area contributed by atoms with E-state index < -0.39 is 53.1 Å². The van der Waals surface area contributed by atoms with Gasteiger partial charge in [0.25, 0.3) is 0 Å². The molecule has 2 unspecified atom stereocenters. The molecule has 4 saturated heterocycles. The summed E-state index contributed by atoms with van der Waals surface area (Å²) < 4.78 is 23.9. The summed E-state index contributed by atoms with van der Waals surface area (Å²) in [7, 11) is 0. The van der Waals surface area contributed by atoms with E-state index in [1.54, 1.807) is 13.2 Å². The Morgan fingerprint density at radius 3 is 2.55 bits per heavy atom. The lowest BCUT2D eigenvalue weighted by Gasteiger charge is -2.44. The maximum Gasteiger partial charge on any atom is 0.240 e. The summed E-state index contributed by atoms with van der Waals surface area (Å²) >= 11 is 7.59. The number of halogens is 1.